The van der Waals surface area contributed by atoms with Gasteiger partial charge in [-0.2, -0.15) is 0 Å². The van der Waals surface area contributed by atoms with Crippen molar-refractivity contribution in [2.24, 2.45) is 0 Å². The molecule has 0 aliphatic carbocycles. The fraction of sp³-hybridized carbons (Fsp3) is 0.273. The molecule has 0 spiro atoms. The van der Waals surface area contributed by atoms with E-state index in [1.807, 2.05) is 0 Å². The minimum Gasteiger partial charge on any atom is -0.497 e. The maximum absolute atomic E-state index is 12.6. The van der Waals surface area contributed by atoms with Gasteiger partial charge in [0.15, 0.2) is 11.3 Å². The number of amides is 1. The van der Waals surface area contributed by atoms with Crippen molar-refractivity contribution < 1.29 is 28.2 Å². The van der Waals surface area contributed by atoms with Crippen molar-refractivity contribution in [2.45, 2.75) is 13.3 Å². The van der Waals surface area contributed by atoms with Gasteiger partial charge in [-0.25, -0.2) is 4.79 Å². The van der Waals surface area contributed by atoms with Gasteiger partial charge in [0.05, 0.1) is 46.1 Å². The van der Waals surface area contributed by atoms with Crippen LogP contribution in [0.5, 0.6) is 23.0 Å². The molecule has 0 saturated carbocycles. The second-order valence-electron chi connectivity index (χ2n) is 6.46. The van der Waals surface area contributed by atoms with Crippen molar-refractivity contribution in [3.63, 3.8) is 0 Å². The van der Waals surface area contributed by atoms with Crippen LogP contribution in [0.2, 0.25) is 0 Å². The van der Waals surface area contributed by atoms with Crippen molar-refractivity contribution in [3.05, 3.63) is 51.9 Å². The number of rotatable bonds is 7. The molecular weight excluding hydrogens is 390 g/mol. The molecule has 0 bridgehead atoms. The normalized spacial score (nSPS) is 10.6. The number of hydrogen-bond acceptors (Lipinski definition) is 7. The minimum atomic E-state index is -0.608. The first-order valence-electron chi connectivity index (χ1n) is 9.12. The van der Waals surface area contributed by atoms with Gasteiger partial charge in [-0.3, -0.25) is 4.79 Å². The Labute approximate surface area is 173 Å². The lowest BCUT2D eigenvalue weighted by Crippen LogP contribution is -2.21. The Morgan fingerprint density at radius 2 is 1.70 bits per heavy atom. The van der Waals surface area contributed by atoms with Crippen LogP contribution in [0.15, 0.2) is 39.5 Å². The summed E-state index contributed by atoms with van der Waals surface area (Å²) in [4.78, 5) is 25.3. The lowest BCUT2D eigenvalue weighted by Gasteiger charge is -2.14. The Bertz CT molecular complexity index is 1150. The van der Waals surface area contributed by atoms with Crippen molar-refractivity contribution in [2.75, 3.05) is 33.8 Å². The molecular formula is C22H23NO7. The maximum atomic E-state index is 12.6. The SMILES string of the molecule is COc1ccc(NC(=O)Cc2c(C)c3ccc(OC)c(OC)c3oc2=O)c(OC)c1. The third-order valence-corrected chi connectivity index (χ3v) is 4.82. The van der Waals surface area contributed by atoms with Gasteiger partial charge in [-0.05, 0) is 36.8 Å². The molecule has 0 unspecified atom stereocenters. The van der Waals surface area contributed by atoms with Crippen LogP contribution >= 0.6 is 0 Å². The van der Waals surface area contributed by atoms with Crippen LogP contribution in [0.1, 0.15) is 11.1 Å². The summed E-state index contributed by atoms with van der Waals surface area (Å²) in [6, 6.07) is 8.52. The molecule has 0 atom stereocenters. The van der Waals surface area contributed by atoms with E-state index in [0.717, 1.165) is 0 Å². The minimum absolute atomic E-state index is 0.159. The number of fused-ring (bicyclic) bond motifs is 1. The van der Waals surface area contributed by atoms with Crippen LogP contribution in [-0.4, -0.2) is 34.3 Å². The van der Waals surface area contributed by atoms with Gasteiger partial charge < -0.3 is 28.7 Å². The second kappa shape index (κ2) is 8.77. The van der Waals surface area contributed by atoms with Crippen molar-refractivity contribution in [1.29, 1.82) is 0 Å². The predicted octanol–water partition coefficient (Wildman–Crippen LogP) is 3.32. The largest absolute Gasteiger partial charge is 0.497 e. The van der Waals surface area contributed by atoms with E-state index >= 15 is 0 Å². The molecule has 0 aliphatic heterocycles. The van der Waals surface area contributed by atoms with Gasteiger partial charge >= 0.3 is 5.63 Å². The van der Waals surface area contributed by atoms with Crippen LogP contribution in [0.3, 0.4) is 0 Å². The van der Waals surface area contributed by atoms with Gasteiger partial charge in [-0.15, -0.1) is 0 Å². The smallest absolute Gasteiger partial charge is 0.340 e. The first kappa shape index (κ1) is 21.0. The molecule has 3 aromatic rings. The summed E-state index contributed by atoms with van der Waals surface area (Å²) in [6.07, 6.45) is -0.159. The van der Waals surface area contributed by atoms with E-state index in [0.29, 0.717) is 39.6 Å². The molecule has 0 saturated heterocycles. The molecule has 2 aromatic carbocycles. The first-order valence-corrected chi connectivity index (χ1v) is 9.12. The number of benzene rings is 2. The van der Waals surface area contributed by atoms with E-state index in [9.17, 15) is 9.59 Å². The monoisotopic (exact) mass is 413 g/mol. The highest BCUT2D eigenvalue weighted by molar-refractivity contribution is 5.95. The van der Waals surface area contributed by atoms with Crippen LogP contribution < -0.4 is 29.9 Å². The van der Waals surface area contributed by atoms with Crippen LogP contribution in [0, 0.1) is 6.92 Å². The fourth-order valence-corrected chi connectivity index (χ4v) is 3.23. The average molecular weight is 413 g/mol. The van der Waals surface area contributed by atoms with Crippen LogP contribution in [0.4, 0.5) is 5.69 Å². The molecule has 0 fully saturated rings. The lowest BCUT2D eigenvalue weighted by atomic mass is 10.0. The summed E-state index contributed by atoms with van der Waals surface area (Å²) in [5.74, 6) is 1.44. The fourth-order valence-electron chi connectivity index (χ4n) is 3.23. The van der Waals surface area contributed by atoms with Crippen LogP contribution in [0.25, 0.3) is 11.0 Å². The zero-order valence-electron chi connectivity index (χ0n) is 17.5. The highest BCUT2D eigenvalue weighted by Crippen LogP contribution is 2.36. The van der Waals surface area contributed by atoms with E-state index in [1.165, 1.54) is 21.3 Å². The molecule has 1 aromatic heterocycles. The highest BCUT2D eigenvalue weighted by Gasteiger charge is 2.20. The molecule has 3 rings (SSSR count). The highest BCUT2D eigenvalue weighted by atomic mass is 16.5. The van der Waals surface area contributed by atoms with Crippen molar-refractivity contribution in [3.8, 4) is 23.0 Å². The molecule has 0 radical (unpaired) electrons. The van der Waals surface area contributed by atoms with E-state index in [4.69, 9.17) is 23.4 Å². The summed E-state index contributed by atoms with van der Waals surface area (Å²) in [5, 5.41) is 3.42. The number of anilines is 1. The van der Waals surface area contributed by atoms with Crippen LogP contribution in [-0.2, 0) is 11.2 Å². The topological polar surface area (TPSA) is 96.2 Å². The maximum Gasteiger partial charge on any atom is 0.340 e. The molecule has 8 heteroatoms. The lowest BCUT2D eigenvalue weighted by molar-refractivity contribution is -0.115. The third-order valence-electron chi connectivity index (χ3n) is 4.82. The number of carbonyl (C=O) groups excluding carboxylic acids is 1. The Kier molecular flexibility index (Phi) is 6.15. The molecule has 158 valence electrons. The second-order valence-corrected chi connectivity index (χ2v) is 6.46. The van der Waals surface area contributed by atoms with E-state index < -0.39 is 5.63 Å². The Morgan fingerprint density at radius 3 is 2.33 bits per heavy atom. The number of hydrogen-bond donors (Lipinski definition) is 1. The van der Waals surface area contributed by atoms with Gasteiger partial charge in [-0.1, -0.05) is 0 Å². The Balaban J connectivity index is 1.94. The van der Waals surface area contributed by atoms with Gasteiger partial charge in [0, 0.05) is 11.5 Å². The molecule has 1 N–H and O–H groups in total. The number of carbonyl (C=O) groups is 1. The van der Waals surface area contributed by atoms with E-state index in [-0.39, 0.29) is 23.5 Å². The zero-order valence-corrected chi connectivity index (χ0v) is 17.5. The Hall–Kier alpha value is -3.68. The summed E-state index contributed by atoms with van der Waals surface area (Å²) in [7, 11) is 6.00. The standard InChI is InChI=1S/C22H23NO7/c1-12-14-7-9-17(27-3)21(29-5)20(14)30-22(25)15(12)11-19(24)23-16-8-6-13(26-2)10-18(16)28-4/h6-10H,11H2,1-5H3,(H,23,24). The molecule has 8 nitrogen and oxygen atoms in total. The molecule has 30 heavy (non-hydrogen) atoms. The van der Waals surface area contributed by atoms with Crippen molar-refractivity contribution >= 4 is 22.6 Å². The molecule has 1 amide bonds. The zero-order chi connectivity index (χ0) is 21.8. The van der Waals surface area contributed by atoms with Gasteiger partial charge in [0.25, 0.3) is 0 Å². The summed E-state index contributed by atoms with van der Waals surface area (Å²) in [5.41, 5.74) is 1.04. The quantitative estimate of drug-likeness (QED) is 0.594. The van der Waals surface area contributed by atoms with E-state index in [2.05, 4.69) is 5.32 Å². The number of ether oxygens (including phenoxy) is 4. The third kappa shape index (κ3) is 3.89. The number of nitrogens with one attached hydrogen (secondary N) is 1. The summed E-state index contributed by atoms with van der Waals surface area (Å²) >= 11 is 0. The predicted molar refractivity (Wildman–Crippen MR) is 112 cm³/mol. The Morgan fingerprint density at radius 1 is 0.967 bits per heavy atom. The number of aryl methyl sites for hydroxylation is 1. The number of methoxy groups -OCH3 is 4. The van der Waals surface area contributed by atoms with Gasteiger partial charge in [0.1, 0.15) is 11.5 Å². The average Bonchev–Trinajstić information content (AvgIpc) is 2.75. The van der Waals surface area contributed by atoms with Gasteiger partial charge in [0.2, 0.25) is 11.7 Å². The molecule has 0 aliphatic rings. The van der Waals surface area contributed by atoms with Crippen molar-refractivity contribution in [1.82, 2.24) is 0 Å². The molecule has 1 heterocycles. The first-order chi connectivity index (χ1) is 14.4. The van der Waals surface area contributed by atoms with E-state index in [1.54, 1.807) is 44.4 Å². The summed E-state index contributed by atoms with van der Waals surface area (Å²) in [6.45, 7) is 1.77. The summed E-state index contributed by atoms with van der Waals surface area (Å²) < 4.78 is 26.5.